The van der Waals surface area contributed by atoms with Crippen molar-refractivity contribution in [3.8, 4) is 17.2 Å². The Balaban J connectivity index is 2.01. The second kappa shape index (κ2) is 6.43. The number of benzene rings is 2. The van der Waals surface area contributed by atoms with Crippen molar-refractivity contribution in [3.05, 3.63) is 47.0 Å². The minimum atomic E-state index is -0.0764. The fourth-order valence-electron chi connectivity index (χ4n) is 3.06. The molecule has 5 nitrogen and oxygen atoms in total. The number of ether oxygens (including phenoxy) is 3. The van der Waals surface area contributed by atoms with E-state index in [1.807, 2.05) is 19.9 Å². The minimum absolute atomic E-state index is 0.0764. The summed E-state index contributed by atoms with van der Waals surface area (Å²) in [6, 6.07) is 9.23. The lowest BCUT2D eigenvalue weighted by molar-refractivity contribution is 0.0976. The number of anilines is 1. The van der Waals surface area contributed by atoms with E-state index in [0.717, 1.165) is 22.6 Å². The van der Waals surface area contributed by atoms with Gasteiger partial charge in [0.25, 0.3) is 5.91 Å². The lowest BCUT2D eigenvalue weighted by Gasteiger charge is -2.31. The van der Waals surface area contributed by atoms with Crippen LogP contribution in [0.3, 0.4) is 0 Å². The van der Waals surface area contributed by atoms with Gasteiger partial charge in [-0.15, -0.1) is 0 Å². The third kappa shape index (κ3) is 2.77. The number of amides is 1. The maximum absolute atomic E-state index is 13.0. The molecule has 0 aliphatic carbocycles. The molecule has 126 valence electrons. The fraction of sp³-hybridized carbons (Fsp3) is 0.316. The van der Waals surface area contributed by atoms with E-state index >= 15 is 0 Å². The number of methoxy groups -OCH3 is 2. The van der Waals surface area contributed by atoms with Crippen molar-refractivity contribution in [2.45, 2.75) is 13.8 Å². The molecule has 24 heavy (non-hydrogen) atoms. The van der Waals surface area contributed by atoms with Gasteiger partial charge in [-0.2, -0.15) is 0 Å². The molecule has 1 aliphatic rings. The maximum atomic E-state index is 13.0. The number of fused-ring (bicyclic) bond motifs is 1. The smallest absolute Gasteiger partial charge is 0.258 e. The quantitative estimate of drug-likeness (QED) is 0.867. The van der Waals surface area contributed by atoms with Gasteiger partial charge in [-0.1, -0.05) is 6.07 Å². The van der Waals surface area contributed by atoms with Gasteiger partial charge in [0.05, 0.1) is 26.5 Å². The molecule has 1 heterocycles. The van der Waals surface area contributed by atoms with Crippen LogP contribution in [-0.4, -0.2) is 33.3 Å². The number of hydrogen-bond donors (Lipinski definition) is 0. The number of carbonyl (C=O) groups is 1. The Hall–Kier alpha value is -2.69. The lowest BCUT2D eigenvalue weighted by atomic mass is 10.1. The van der Waals surface area contributed by atoms with Gasteiger partial charge in [0, 0.05) is 5.56 Å². The van der Waals surface area contributed by atoms with Crippen LogP contribution in [0.4, 0.5) is 5.69 Å². The molecule has 0 aromatic heterocycles. The third-order valence-electron chi connectivity index (χ3n) is 4.13. The minimum Gasteiger partial charge on any atom is -0.493 e. The summed E-state index contributed by atoms with van der Waals surface area (Å²) in [6.07, 6.45) is 0. The monoisotopic (exact) mass is 327 g/mol. The van der Waals surface area contributed by atoms with Gasteiger partial charge in [-0.25, -0.2) is 0 Å². The summed E-state index contributed by atoms with van der Waals surface area (Å²) in [7, 11) is 3.13. The van der Waals surface area contributed by atoms with Crippen molar-refractivity contribution in [2.24, 2.45) is 0 Å². The highest BCUT2D eigenvalue weighted by Crippen LogP contribution is 2.37. The van der Waals surface area contributed by atoms with Gasteiger partial charge < -0.3 is 19.1 Å². The van der Waals surface area contributed by atoms with Crippen LogP contribution in [0.25, 0.3) is 0 Å². The maximum Gasteiger partial charge on any atom is 0.258 e. The number of aryl methyl sites for hydroxylation is 2. The number of nitrogens with zero attached hydrogens (tertiary/aromatic N) is 1. The van der Waals surface area contributed by atoms with Gasteiger partial charge in [0.1, 0.15) is 12.4 Å². The highest BCUT2D eigenvalue weighted by molar-refractivity contribution is 6.08. The van der Waals surface area contributed by atoms with E-state index in [1.165, 1.54) is 0 Å². The van der Waals surface area contributed by atoms with Crippen molar-refractivity contribution in [1.82, 2.24) is 0 Å². The first kappa shape index (κ1) is 16.2. The van der Waals surface area contributed by atoms with E-state index < -0.39 is 0 Å². The summed E-state index contributed by atoms with van der Waals surface area (Å²) < 4.78 is 16.3. The second-order valence-corrected chi connectivity index (χ2v) is 5.80. The van der Waals surface area contributed by atoms with Gasteiger partial charge in [0.15, 0.2) is 11.5 Å². The van der Waals surface area contributed by atoms with E-state index in [9.17, 15) is 4.79 Å². The van der Waals surface area contributed by atoms with E-state index in [-0.39, 0.29) is 5.91 Å². The molecule has 0 spiro atoms. The highest BCUT2D eigenvalue weighted by Gasteiger charge is 2.27. The van der Waals surface area contributed by atoms with Crippen molar-refractivity contribution in [1.29, 1.82) is 0 Å². The van der Waals surface area contributed by atoms with E-state index in [2.05, 4.69) is 6.07 Å². The highest BCUT2D eigenvalue weighted by atomic mass is 16.5. The second-order valence-electron chi connectivity index (χ2n) is 5.80. The van der Waals surface area contributed by atoms with Crippen molar-refractivity contribution >= 4 is 11.6 Å². The third-order valence-corrected chi connectivity index (χ3v) is 4.13. The number of rotatable bonds is 3. The predicted octanol–water partition coefficient (Wildman–Crippen LogP) is 3.36. The summed E-state index contributed by atoms with van der Waals surface area (Å²) in [6.45, 7) is 5.01. The zero-order valence-corrected chi connectivity index (χ0v) is 14.4. The summed E-state index contributed by atoms with van der Waals surface area (Å²) in [5.41, 5.74) is 3.54. The fourth-order valence-corrected chi connectivity index (χ4v) is 3.06. The lowest BCUT2D eigenvalue weighted by Crippen LogP contribution is -2.38. The molecule has 0 unspecified atom stereocenters. The van der Waals surface area contributed by atoms with Crippen LogP contribution < -0.4 is 19.1 Å². The number of carbonyl (C=O) groups excluding carboxylic acids is 1. The molecular formula is C19H21NO4. The molecule has 0 saturated heterocycles. The van der Waals surface area contributed by atoms with E-state index in [4.69, 9.17) is 14.2 Å². The van der Waals surface area contributed by atoms with E-state index in [0.29, 0.717) is 30.2 Å². The Bertz CT molecular complexity index is 785. The SMILES string of the molecule is COc1ccc(C(=O)N2CCOc3cc(C)cc(C)c32)cc1OC. The molecule has 2 aromatic rings. The van der Waals surface area contributed by atoms with Crippen LogP contribution in [0, 0.1) is 13.8 Å². The average Bonchev–Trinajstić information content (AvgIpc) is 2.59. The Labute approximate surface area is 141 Å². The van der Waals surface area contributed by atoms with Crippen LogP contribution in [0.1, 0.15) is 21.5 Å². The molecule has 0 atom stereocenters. The van der Waals surface area contributed by atoms with Crippen LogP contribution in [0.5, 0.6) is 17.2 Å². The Morgan fingerprint density at radius 3 is 2.54 bits per heavy atom. The van der Waals surface area contributed by atoms with Gasteiger partial charge in [0.2, 0.25) is 0 Å². The van der Waals surface area contributed by atoms with Crippen LogP contribution in [0.15, 0.2) is 30.3 Å². The summed E-state index contributed by atoms with van der Waals surface area (Å²) in [5.74, 6) is 1.82. The Kier molecular flexibility index (Phi) is 4.34. The van der Waals surface area contributed by atoms with E-state index in [1.54, 1.807) is 37.3 Å². The topological polar surface area (TPSA) is 48.0 Å². The summed E-state index contributed by atoms with van der Waals surface area (Å²) >= 11 is 0. The van der Waals surface area contributed by atoms with Crippen molar-refractivity contribution in [2.75, 3.05) is 32.3 Å². The summed E-state index contributed by atoms with van der Waals surface area (Å²) in [4.78, 5) is 14.8. The molecule has 0 N–H and O–H groups in total. The normalized spacial score (nSPS) is 13.1. The first-order valence-corrected chi connectivity index (χ1v) is 7.83. The molecule has 0 radical (unpaired) electrons. The van der Waals surface area contributed by atoms with Gasteiger partial charge in [-0.05, 0) is 49.2 Å². The largest absolute Gasteiger partial charge is 0.493 e. The van der Waals surface area contributed by atoms with Gasteiger partial charge in [-0.3, -0.25) is 4.79 Å². The Morgan fingerprint density at radius 1 is 1.08 bits per heavy atom. The molecule has 0 saturated carbocycles. The molecule has 2 aromatic carbocycles. The summed E-state index contributed by atoms with van der Waals surface area (Å²) in [5, 5.41) is 0. The first-order valence-electron chi connectivity index (χ1n) is 7.83. The molecular weight excluding hydrogens is 306 g/mol. The zero-order chi connectivity index (χ0) is 17.3. The molecule has 0 fully saturated rings. The first-order chi connectivity index (χ1) is 11.5. The number of hydrogen-bond acceptors (Lipinski definition) is 4. The predicted molar refractivity (Wildman–Crippen MR) is 92.6 cm³/mol. The molecule has 1 aliphatic heterocycles. The standard InChI is InChI=1S/C19H21NO4/c1-12-9-13(2)18-17(10-12)24-8-7-20(18)19(21)14-5-6-15(22-3)16(11-14)23-4/h5-6,9-11H,7-8H2,1-4H3. The zero-order valence-electron chi connectivity index (χ0n) is 14.4. The molecule has 5 heteroatoms. The molecule has 1 amide bonds. The Morgan fingerprint density at radius 2 is 1.83 bits per heavy atom. The van der Waals surface area contributed by atoms with Crippen molar-refractivity contribution in [3.63, 3.8) is 0 Å². The molecule has 3 rings (SSSR count). The van der Waals surface area contributed by atoms with Crippen LogP contribution >= 0.6 is 0 Å². The molecule has 0 bridgehead atoms. The average molecular weight is 327 g/mol. The van der Waals surface area contributed by atoms with Crippen molar-refractivity contribution < 1.29 is 19.0 Å². The van der Waals surface area contributed by atoms with Gasteiger partial charge >= 0.3 is 0 Å². The van der Waals surface area contributed by atoms with Crippen LogP contribution in [0.2, 0.25) is 0 Å². The van der Waals surface area contributed by atoms with Crippen LogP contribution in [-0.2, 0) is 0 Å².